The molecule has 0 atom stereocenters. The van der Waals surface area contributed by atoms with Crippen LogP contribution in [0.15, 0.2) is 42.5 Å². The zero-order valence-corrected chi connectivity index (χ0v) is 14.2. The number of ether oxygens (including phenoxy) is 1. The van der Waals surface area contributed by atoms with Crippen molar-refractivity contribution in [1.82, 2.24) is 0 Å². The first-order chi connectivity index (χ1) is 11.7. The molecule has 132 valence electrons. The molecular formula is C19H19F2NO3. The van der Waals surface area contributed by atoms with Gasteiger partial charge in [0, 0.05) is 11.8 Å². The zero-order chi connectivity index (χ0) is 18.6. The number of benzene rings is 2. The lowest BCUT2D eigenvalue weighted by Gasteiger charge is -2.18. The third kappa shape index (κ3) is 5.11. The van der Waals surface area contributed by atoms with Crippen LogP contribution in [0.5, 0.6) is 0 Å². The third-order valence-corrected chi connectivity index (χ3v) is 3.52. The van der Waals surface area contributed by atoms with Crippen molar-refractivity contribution in [2.45, 2.75) is 26.2 Å². The predicted molar refractivity (Wildman–Crippen MR) is 90.4 cm³/mol. The Morgan fingerprint density at radius 1 is 1.00 bits per heavy atom. The van der Waals surface area contributed by atoms with Gasteiger partial charge in [0.15, 0.2) is 18.2 Å². The maximum atomic E-state index is 13.1. The van der Waals surface area contributed by atoms with Gasteiger partial charge in [-0.3, -0.25) is 4.79 Å². The smallest absolute Gasteiger partial charge is 0.338 e. The number of nitrogens with one attached hydrogen (secondary N) is 1. The Morgan fingerprint density at radius 2 is 1.64 bits per heavy atom. The van der Waals surface area contributed by atoms with Gasteiger partial charge in [-0.05, 0) is 35.2 Å². The normalized spacial score (nSPS) is 11.1. The lowest BCUT2D eigenvalue weighted by atomic mass is 9.87. The molecule has 0 bridgehead atoms. The van der Waals surface area contributed by atoms with Crippen LogP contribution in [-0.2, 0) is 14.9 Å². The quantitative estimate of drug-likeness (QED) is 0.849. The Morgan fingerprint density at radius 3 is 2.20 bits per heavy atom. The summed E-state index contributed by atoms with van der Waals surface area (Å²) in [6.07, 6.45) is 0. The molecule has 2 rings (SSSR count). The maximum Gasteiger partial charge on any atom is 0.338 e. The van der Waals surface area contributed by atoms with Crippen LogP contribution in [0.1, 0.15) is 36.7 Å². The Balaban J connectivity index is 1.90. The van der Waals surface area contributed by atoms with Crippen molar-refractivity contribution in [3.05, 3.63) is 65.2 Å². The molecule has 0 fully saturated rings. The highest BCUT2D eigenvalue weighted by Crippen LogP contribution is 2.22. The largest absolute Gasteiger partial charge is 0.452 e. The molecular weight excluding hydrogens is 328 g/mol. The summed E-state index contributed by atoms with van der Waals surface area (Å²) >= 11 is 0. The highest BCUT2D eigenvalue weighted by Gasteiger charge is 2.15. The van der Waals surface area contributed by atoms with Crippen molar-refractivity contribution < 1.29 is 23.1 Å². The number of hydrogen-bond acceptors (Lipinski definition) is 3. The molecule has 0 saturated carbocycles. The van der Waals surface area contributed by atoms with Crippen molar-refractivity contribution in [2.75, 3.05) is 11.9 Å². The Hall–Kier alpha value is -2.76. The Bertz CT molecular complexity index is 780. The lowest BCUT2D eigenvalue weighted by molar-refractivity contribution is -0.119. The van der Waals surface area contributed by atoms with Gasteiger partial charge in [-0.15, -0.1) is 0 Å². The van der Waals surface area contributed by atoms with E-state index in [1.54, 1.807) is 12.1 Å². The van der Waals surface area contributed by atoms with Gasteiger partial charge >= 0.3 is 5.97 Å². The Kier molecular flexibility index (Phi) is 5.51. The van der Waals surface area contributed by atoms with Gasteiger partial charge in [-0.25, -0.2) is 13.6 Å². The van der Waals surface area contributed by atoms with E-state index in [1.165, 1.54) is 6.07 Å². The summed E-state index contributed by atoms with van der Waals surface area (Å²) in [5, 5.41) is 2.32. The van der Waals surface area contributed by atoms with E-state index in [1.807, 2.05) is 12.1 Å². The van der Waals surface area contributed by atoms with Crippen LogP contribution in [0.4, 0.5) is 14.5 Å². The number of amides is 1. The number of anilines is 1. The summed E-state index contributed by atoms with van der Waals surface area (Å²) in [5.41, 5.74) is 1.44. The molecule has 0 aliphatic heterocycles. The summed E-state index contributed by atoms with van der Waals surface area (Å²) in [7, 11) is 0. The molecule has 25 heavy (non-hydrogen) atoms. The summed E-state index contributed by atoms with van der Waals surface area (Å²) in [6, 6.07) is 9.89. The van der Waals surface area contributed by atoms with E-state index in [4.69, 9.17) is 4.74 Å². The fourth-order valence-electron chi connectivity index (χ4n) is 2.09. The number of carbonyl (C=O) groups is 2. The van der Waals surface area contributed by atoms with Crippen LogP contribution in [-0.4, -0.2) is 18.5 Å². The molecule has 0 saturated heterocycles. The maximum absolute atomic E-state index is 13.1. The van der Waals surface area contributed by atoms with Gasteiger partial charge in [0.25, 0.3) is 5.91 Å². The van der Waals surface area contributed by atoms with E-state index in [0.717, 1.165) is 17.7 Å². The molecule has 0 heterocycles. The molecule has 0 unspecified atom stereocenters. The van der Waals surface area contributed by atoms with Gasteiger partial charge in [-0.1, -0.05) is 32.9 Å². The van der Waals surface area contributed by atoms with E-state index in [0.29, 0.717) is 5.56 Å². The standard InChI is InChI=1S/C19H19F2NO3/c1-19(2,3)13-6-4-12(5-7-13)18(24)25-11-17(23)22-14-8-9-15(20)16(21)10-14/h4-10H,11H2,1-3H3,(H,22,23). The minimum Gasteiger partial charge on any atom is -0.452 e. The average Bonchev–Trinajstić information content (AvgIpc) is 2.55. The zero-order valence-electron chi connectivity index (χ0n) is 14.2. The topological polar surface area (TPSA) is 55.4 Å². The second kappa shape index (κ2) is 7.42. The SMILES string of the molecule is CC(C)(C)c1ccc(C(=O)OCC(=O)Nc2ccc(F)c(F)c2)cc1. The second-order valence-corrected chi connectivity index (χ2v) is 6.58. The monoisotopic (exact) mass is 347 g/mol. The molecule has 0 aromatic heterocycles. The minimum atomic E-state index is -1.08. The number of carbonyl (C=O) groups excluding carboxylic acids is 2. The first-order valence-electron chi connectivity index (χ1n) is 7.69. The van der Waals surface area contributed by atoms with E-state index in [9.17, 15) is 18.4 Å². The lowest BCUT2D eigenvalue weighted by Crippen LogP contribution is -2.21. The number of hydrogen-bond donors (Lipinski definition) is 1. The molecule has 0 radical (unpaired) electrons. The number of rotatable bonds is 4. The van der Waals surface area contributed by atoms with E-state index in [2.05, 4.69) is 26.1 Å². The van der Waals surface area contributed by atoms with Gasteiger partial charge in [0.2, 0.25) is 0 Å². The molecule has 6 heteroatoms. The number of esters is 1. The van der Waals surface area contributed by atoms with E-state index < -0.39 is 30.1 Å². The average molecular weight is 347 g/mol. The van der Waals surface area contributed by atoms with Crippen molar-refractivity contribution >= 4 is 17.6 Å². The Labute approximate surface area is 144 Å². The highest BCUT2D eigenvalue weighted by molar-refractivity contribution is 5.95. The van der Waals surface area contributed by atoms with E-state index in [-0.39, 0.29) is 11.1 Å². The first kappa shape index (κ1) is 18.6. The molecule has 0 spiro atoms. The molecule has 1 N–H and O–H groups in total. The highest BCUT2D eigenvalue weighted by atomic mass is 19.2. The first-order valence-corrected chi connectivity index (χ1v) is 7.69. The molecule has 2 aromatic carbocycles. The van der Waals surface area contributed by atoms with Crippen LogP contribution < -0.4 is 5.32 Å². The van der Waals surface area contributed by atoms with Crippen molar-refractivity contribution in [3.8, 4) is 0 Å². The molecule has 4 nitrogen and oxygen atoms in total. The summed E-state index contributed by atoms with van der Waals surface area (Å²) in [6.45, 7) is 5.65. The fraction of sp³-hybridized carbons (Fsp3) is 0.263. The van der Waals surface area contributed by atoms with Crippen LogP contribution in [0.2, 0.25) is 0 Å². The van der Waals surface area contributed by atoms with Crippen LogP contribution in [0.3, 0.4) is 0 Å². The van der Waals surface area contributed by atoms with Crippen molar-refractivity contribution in [3.63, 3.8) is 0 Å². The molecule has 0 aliphatic carbocycles. The third-order valence-electron chi connectivity index (χ3n) is 3.52. The van der Waals surface area contributed by atoms with Gasteiger partial charge < -0.3 is 10.1 Å². The van der Waals surface area contributed by atoms with E-state index >= 15 is 0 Å². The van der Waals surface area contributed by atoms with Crippen LogP contribution in [0, 0.1) is 11.6 Å². The second-order valence-electron chi connectivity index (χ2n) is 6.58. The van der Waals surface area contributed by atoms with Gasteiger partial charge in [-0.2, -0.15) is 0 Å². The van der Waals surface area contributed by atoms with Crippen LogP contribution in [0.25, 0.3) is 0 Å². The summed E-state index contributed by atoms with van der Waals surface area (Å²) < 4.78 is 30.8. The fourth-order valence-corrected chi connectivity index (χ4v) is 2.09. The summed E-state index contributed by atoms with van der Waals surface area (Å²) in [4.78, 5) is 23.7. The van der Waals surface area contributed by atoms with Gasteiger partial charge in [0.1, 0.15) is 0 Å². The molecule has 2 aromatic rings. The van der Waals surface area contributed by atoms with Crippen LogP contribution >= 0.6 is 0 Å². The number of halogens is 2. The molecule has 0 aliphatic rings. The predicted octanol–water partition coefficient (Wildman–Crippen LogP) is 4.06. The van der Waals surface area contributed by atoms with Crippen molar-refractivity contribution in [1.29, 1.82) is 0 Å². The minimum absolute atomic E-state index is 0.0350. The summed E-state index contributed by atoms with van der Waals surface area (Å²) in [5.74, 6) is -3.37. The van der Waals surface area contributed by atoms with Gasteiger partial charge in [0.05, 0.1) is 5.56 Å². The molecule has 1 amide bonds. The van der Waals surface area contributed by atoms with Crippen molar-refractivity contribution in [2.24, 2.45) is 0 Å².